The molecular formula is C12H16N2O4. The normalized spacial score (nSPS) is 13.7. The summed E-state index contributed by atoms with van der Waals surface area (Å²) < 4.78 is 0. The van der Waals surface area contributed by atoms with Gasteiger partial charge >= 0.3 is 0 Å². The van der Waals surface area contributed by atoms with Gasteiger partial charge in [0.2, 0.25) is 5.91 Å². The van der Waals surface area contributed by atoms with Gasteiger partial charge < -0.3 is 21.3 Å². The first-order valence-corrected chi connectivity index (χ1v) is 5.46. The van der Waals surface area contributed by atoms with Gasteiger partial charge in [-0.1, -0.05) is 0 Å². The monoisotopic (exact) mass is 252 g/mol. The number of primary amides is 1. The minimum absolute atomic E-state index is 0.0475. The Balaban J connectivity index is 2.59. The van der Waals surface area contributed by atoms with E-state index in [4.69, 9.17) is 10.8 Å². The summed E-state index contributed by atoms with van der Waals surface area (Å²) in [7, 11) is 0. The minimum atomic E-state index is -1.01. The van der Waals surface area contributed by atoms with E-state index in [1.165, 1.54) is 31.2 Å². The first-order chi connectivity index (χ1) is 8.41. The van der Waals surface area contributed by atoms with Gasteiger partial charge in [0.05, 0.1) is 12.2 Å². The van der Waals surface area contributed by atoms with E-state index in [9.17, 15) is 14.7 Å². The van der Waals surface area contributed by atoms with Crippen molar-refractivity contribution in [1.29, 1.82) is 0 Å². The van der Waals surface area contributed by atoms with Crippen molar-refractivity contribution in [2.75, 3.05) is 6.54 Å². The number of hydrogen-bond donors (Lipinski definition) is 4. The van der Waals surface area contributed by atoms with Crippen molar-refractivity contribution in [2.24, 2.45) is 5.73 Å². The van der Waals surface area contributed by atoms with Crippen molar-refractivity contribution in [2.45, 2.75) is 19.1 Å². The van der Waals surface area contributed by atoms with Crippen molar-refractivity contribution in [3.05, 3.63) is 35.4 Å². The van der Waals surface area contributed by atoms with Crippen LogP contribution in [-0.2, 0) is 0 Å². The molecule has 18 heavy (non-hydrogen) atoms. The first-order valence-electron chi connectivity index (χ1n) is 5.46. The van der Waals surface area contributed by atoms with Gasteiger partial charge in [-0.05, 0) is 31.2 Å². The molecule has 0 radical (unpaired) electrons. The van der Waals surface area contributed by atoms with E-state index in [2.05, 4.69) is 5.32 Å². The van der Waals surface area contributed by atoms with Gasteiger partial charge in [-0.2, -0.15) is 0 Å². The molecule has 0 saturated heterocycles. The second-order valence-corrected chi connectivity index (χ2v) is 3.96. The lowest BCUT2D eigenvalue weighted by molar-refractivity contribution is 0.0314. The number of rotatable bonds is 5. The molecule has 1 aromatic carbocycles. The highest BCUT2D eigenvalue weighted by Crippen LogP contribution is 2.04. The Morgan fingerprint density at radius 3 is 2.17 bits per heavy atom. The van der Waals surface area contributed by atoms with Crippen molar-refractivity contribution < 1.29 is 19.8 Å². The Labute approximate surface area is 104 Å². The fourth-order valence-electron chi connectivity index (χ4n) is 1.26. The largest absolute Gasteiger partial charge is 0.391 e. The van der Waals surface area contributed by atoms with Crippen molar-refractivity contribution >= 4 is 11.8 Å². The van der Waals surface area contributed by atoms with E-state index < -0.39 is 24.0 Å². The van der Waals surface area contributed by atoms with E-state index in [0.29, 0.717) is 11.1 Å². The summed E-state index contributed by atoms with van der Waals surface area (Å²) in [6.07, 6.45) is -1.93. The van der Waals surface area contributed by atoms with Gasteiger partial charge in [0, 0.05) is 17.7 Å². The topological polar surface area (TPSA) is 113 Å². The summed E-state index contributed by atoms with van der Waals surface area (Å²) in [5, 5.41) is 20.8. The van der Waals surface area contributed by atoms with Crippen LogP contribution in [0.5, 0.6) is 0 Å². The Kier molecular flexibility index (Phi) is 4.82. The van der Waals surface area contributed by atoms with Gasteiger partial charge in [-0.15, -0.1) is 0 Å². The summed E-state index contributed by atoms with van der Waals surface area (Å²) in [4.78, 5) is 22.5. The van der Waals surface area contributed by atoms with Crippen LogP contribution in [0.4, 0.5) is 0 Å². The number of aliphatic hydroxyl groups excluding tert-OH is 2. The maximum absolute atomic E-state index is 11.6. The van der Waals surface area contributed by atoms with Crippen LogP contribution in [-0.4, -0.2) is 40.8 Å². The SMILES string of the molecule is CC(O)C(O)CNC(=O)c1ccc(C(N)=O)cc1. The predicted molar refractivity (Wildman–Crippen MR) is 65.0 cm³/mol. The molecule has 0 aliphatic carbocycles. The standard InChI is InChI=1S/C12H16N2O4/c1-7(15)10(16)6-14-12(18)9-4-2-8(3-5-9)11(13)17/h2-5,7,10,15-16H,6H2,1H3,(H2,13,17)(H,14,18). The number of carbonyl (C=O) groups excluding carboxylic acids is 2. The number of hydrogen-bond acceptors (Lipinski definition) is 4. The van der Waals surface area contributed by atoms with Gasteiger partial charge in [0.1, 0.15) is 0 Å². The molecule has 0 fully saturated rings. The van der Waals surface area contributed by atoms with E-state index in [-0.39, 0.29) is 6.54 Å². The zero-order valence-electron chi connectivity index (χ0n) is 9.96. The predicted octanol–water partition coefficient (Wildman–Crippen LogP) is -0.743. The Hall–Kier alpha value is -1.92. The van der Waals surface area contributed by atoms with Gasteiger partial charge in [-0.25, -0.2) is 0 Å². The lowest BCUT2D eigenvalue weighted by Gasteiger charge is -2.14. The first kappa shape index (κ1) is 14.1. The van der Waals surface area contributed by atoms with Crippen LogP contribution >= 0.6 is 0 Å². The molecule has 0 spiro atoms. The third-order valence-electron chi connectivity index (χ3n) is 2.46. The third-order valence-corrected chi connectivity index (χ3v) is 2.46. The molecule has 0 aromatic heterocycles. The quantitative estimate of drug-likeness (QED) is 0.552. The molecule has 5 N–H and O–H groups in total. The molecule has 2 unspecified atom stereocenters. The van der Waals surface area contributed by atoms with Gasteiger partial charge in [-0.3, -0.25) is 9.59 Å². The summed E-state index contributed by atoms with van der Waals surface area (Å²) in [5.41, 5.74) is 5.73. The summed E-state index contributed by atoms with van der Waals surface area (Å²) >= 11 is 0. The van der Waals surface area contributed by atoms with Gasteiger partial charge in [0.15, 0.2) is 0 Å². The minimum Gasteiger partial charge on any atom is -0.391 e. The maximum Gasteiger partial charge on any atom is 0.251 e. The molecule has 0 aliphatic rings. The third kappa shape index (κ3) is 3.83. The molecule has 0 heterocycles. The fraction of sp³-hybridized carbons (Fsp3) is 0.333. The molecular weight excluding hydrogens is 236 g/mol. The fourth-order valence-corrected chi connectivity index (χ4v) is 1.26. The van der Waals surface area contributed by atoms with Crippen LogP contribution in [0.1, 0.15) is 27.6 Å². The van der Waals surface area contributed by atoms with E-state index >= 15 is 0 Å². The molecule has 2 amide bonds. The molecule has 6 heteroatoms. The van der Waals surface area contributed by atoms with Gasteiger partial charge in [0.25, 0.3) is 5.91 Å². The van der Waals surface area contributed by atoms with Crippen LogP contribution in [0.25, 0.3) is 0 Å². The second-order valence-electron chi connectivity index (χ2n) is 3.96. The molecule has 0 saturated carbocycles. The Bertz CT molecular complexity index is 428. The van der Waals surface area contributed by atoms with Crippen molar-refractivity contribution in [3.8, 4) is 0 Å². The summed E-state index contributed by atoms with van der Waals surface area (Å²) in [6.45, 7) is 1.38. The highest BCUT2D eigenvalue weighted by atomic mass is 16.3. The highest BCUT2D eigenvalue weighted by molar-refractivity contribution is 5.97. The average molecular weight is 252 g/mol. The molecule has 1 rings (SSSR count). The van der Waals surface area contributed by atoms with Crippen LogP contribution in [0.3, 0.4) is 0 Å². The smallest absolute Gasteiger partial charge is 0.251 e. The summed E-state index contributed by atoms with van der Waals surface area (Å²) in [6, 6.07) is 5.82. The molecule has 0 aliphatic heterocycles. The number of aliphatic hydroxyl groups is 2. The lowest BCUT2D eigenvalue weighted by Crippen LogP contribution is -2.37. The number of nitrogens with two attached hydrogens (primary N) is 1. The van der Waals surface area contributed by atoms with E-state index in [0.717, 1.165) is 0 Å². The molecule has 2 atom stereocenters. The van der Waals surface area contributed by atoms with E-state index in [1.54, 1.807) is 0 Å². The zero-order valence-corrected chi connectivity index (χ0v) is 9.96. The van der Waals surface area contributed by atoms with Crippen LogP contribution in [0, 0.1) is 0 Å². The maximum atomic E-state index is 11.6. The summed E-state index contributed by atoms with van der Waals surface area (Å²) in [5.74, 6) is -0.961. The van der Waals surface area contributed by atoms with Crippen molar-refractivity contribution in [3.63, 3.8) is 0 Å². The molecule has 0 bridgehead atoms. The second kappa shape index (κ2) is 6.13. The average Bonchev–Trinajstić information content (AvgIpc) is 2.35. The van der Waals surface area contributed by atoms with E-state index in [1.807, 2.05) is 0 Å². The number of carbonyl (C=O) groups is 2. The number of amides is 2. The van der Waals surface area contributed by atoms with Crippen LogP contribution < -0.4 is 11.1 Å². The highest BCUT2D eigenvalue weighted by Gasteiger charge is 2.13. The Morgan fingerprint density at radius 1 is 1.22 bits per heavy atom. The number of benzene rings is 1. The zero-order chi connectivity index (χ0) is 13.7. The van der Waals surface area contributed by atoms with Crippen LogP contribution in [0.2, 0.25) is 0 Å². The van der Waals surface area contributed by atoms with Crippen molar-refractivity contribution in [1.82, 2.24) is 5.32 Å². The molecule has 6 nitrogen and oxygen atoms in total. The number of nitrogens with one attached hydrogen (secondary N) is 1. The van der Waals surface area contributed by atoms with Crippen LogP contribution in [0.15, 0.2) is 24.3 Å². The lowest BCUT2D eigenvalue weighted by atomic mass is 10.1. The molecule has 98 valence electrons. The Morgan fingerprint density at radius 2 is 1.72 bits per heavy atom. The molecule has 1 aromatic rings.